The molecule has 0 unspecified atom stereocenters. The molecule has 1 rings (SSSR count). The molecule has 0 fully saturated rings. The minimum atomic E-state index is -4.21. The van der Waals surface area contributed by atoms with E-state index >= 15 is 0 Å². The highest BCUT2D eigenvalue weighted by Crippen LogP contribution is 2.31. The summed E-state index contributed by atoms with van der Waals surface area (Å²) in [7, 11) is 0. The number of hydrogen-bond acceptors (Lipinski definition) is 3. The highest BCUT2D eigenvalue weighted by molar-refractivity contribution is 8.00. The first-order valence-electron chi connectivity index (χ1n) is 5.00. The van der Waals surface area contributed by atoms with Gasteiger partial charge >= 0.3 is 5.51 Å². The van der Waals surface area contributed by atoms with Crippen molar-refractivity contribution < 1.29 is 17.9 Å². The van der Waals surface area contributed by atoms with Crippen LogP contribution in [0.1, 0.15) is 11.1 Å². The molecule has 17 heavy (non-hydrogen) atoms. The van der Waals surface area contributed by atoms with Crippen LogP contribution < -0.4 is 10.5 Å². The van der Waals surface area contributed by atoms with Crippen LogP contribution in [0.4, 0.5) is 18.9 Å². The first-order valence-corrected chi connectivity index (χ1v) is 5.98. The number of halogens is 3. The summed E-state index contributed by atoms with van der Waals surface area (Å²) < 4.78 is 40.9. The quantitative estimate of drug-likeness (QED) is 0.668. The van der Waals surface area contributed by atoms with E-state index in [4.69, 9.17) is 10.5 Å². The molecule has 1 aromatic rings. The molecule has 0 heterocycles. The Balaban J connectivity index is 2.53. The van der Waals surface area contributed by atoms with Gasteiger partial charge in [-0.1, -0.05) is 6.07 Å². The van der Waals surface area contributed by atoms with E-state index in [2.05, 4.69) is 0 Å². The molecule has 2 nitrogen and oxygen atoms in total. The molecule has 96 valence electrons. The van der Waals surface area contributed by atoms with E-state index in [-0.39, 0.29) is 24.1 Å². The van der Waals surface area contributed by atoms with Gasteiger partial charge in [-0.25, -0.2) is 0 Å². The van der Waals surface area contributed by atoms with Crippen molar-refractivity contribution in [1.29, 1.82) is 0 Å². The molecule has 0 aliphatic carbocycles. The van der Waals surface area contributed by atoms with Gasteiger partial charge in [0.25, 0.3) is 0 Å². The van der Waals surface area contributed by atoms with Gasteiger partial charge in [0.2, 0.25) is 0 Å². The average molecular weight is 265 g/mol. The molecule has 0 amide bonds. The van der Waals surface area contributed by atoms with Crippen molar-refractivity contribution in [3.05, 3.63) is 23.3 Å². The number of nitrogen functional groups attached to an aromatic ring is 1. The fourth-order valence-corrected chi connectivity index (χ4v) is 1.88. The molecular weight excluding hydrogens is 251 g/mol. The number of ether oxygens (including phenoxy) is 1. The molecule has 0 radical (unpaired) electrons. The van der Waals surface area contributed by atoms with Gasteiger partial charge in [-0.3, -0.25) is 0 Å². The summed E-state index contributed by atoms with van der Waals surface area (Å²) in [5, 5.41) is 0. The number of anilines is 1. The van der Waals surface area contributed by atoms with Gasteiger partial charge < -0.3 is 10.5 Å². The van der Waals surface area contributed by atoms with E-state index < -0.39 is 5.51 Å². The third kappa shape index (κ3) is 4.77. The molecule has 0 bridgehead atoms. The lowest BCUT2D eigenvalue weighted by molar-refractivity contribution is -0.0329. The van der Waals surface area contributed by atoms with E-state index in [0.29, 0.717) is 11.4 Å². The SMILES string of the molecule is Cc1cc(C)c(OCCSC(F)(F)F)c(N)c1. The number of hydrogen-bond donors (Lipinski definition) is 1. The van der Waals surface area contributed by atoms with Crippen molar-refractivity contribution in [3.63, 3.8) is 0 Å². The lowest BCUT2D eigenvalue weighted by Crippen LogP contribution is -2.09. The zero-order valence-corrected chi connectivity index (χ0v) is 10.4. The molecule has 0 saturated heterocycles. The lowest BCUT2D eigenvalue weighted by atomic mass is 10.1. The van der Waals surface area contributed by atoms with Gasteiger partial charge in [-0.2, -0.15) is 13.2 Å². The topological polar surface area (TPSA) is 35.2 Å². The molecule has 0 aliphatic rings. The summed E-state index contributed by atoms with van der Waals surface area (Å²) in [6, 6.07) is 3.61. The largest absolute Gasteiger partial charge is 0.490 e. The Morgan fingerprint density at radius 1 is 1.29 bits per heavy atom. The first-order chi connectivity index (χ1) is 7.79. The lowest BCUT2D eigenvalue weighted by Gasteiger charge is -2.13. The number of benzene rings is 1. The summed E-state index contributed by atoms with van der Waals surface area (Å²) >= 11 is -0.0981. The molecular formula is C11H14F3NOS. The molecule has 2 N–H and O–H groups in total. The van der Waals surface area contributed by atoms with Gasteiger partial charge in [-0.15, -0.1) is 0 Å². The monoisotopic (exact) mass is 265 g/mol. The van der Waals surface area contributed by atoms with Crippen LogP contribution >= 0.6 is 11.8 Å². The van der Waals surface area contributed by atoms with E-state index in [9.17, 15) is 13.2 Å². The van der Waals surface area contributed by atoms with Gasteiger partial charge in [0.05, 0.1) is 12.3 Å². The maximum absolute atomic E-state index is 11.9. The molecule has 1 aromatic carbocycles. The molecule has 6 heteroatoms. The third-order valence-electron chi connectivity index (χ3n) is 2.04. The number of alkyl halides is 3. The second-order valence-electron chi connectivity index (χ2n) is 3.64. The fourth-order valence-electron chi connectivity index (χ4n) is 1.49. The van der Waals surface area contributed by atoms with E-state index in [1.807, 2.05) is 19.9 Å². The van der Waals surface area contributed by atoms with Crippen LogP contribution in [0.15, 0.2) is 12.1 Å². The fraction of sp³-hybridized carbons (Fsp3) is 0.455. The maximum atomic E-state index is 11.9. The van der Waals surface area contributed by atoms with Gasteiger partial charge in [0.15, 0.2) is 0 Å². The summed E-state index contributed by atoms with van der Waals surface area (Å²) in [6.45, 7) is 3.69. The Morgan fingerprint density at radius 3 is 2.47 bits per heavy atom. The molecule has 0 atom stereocenters. The summed E-state index contributed by atoms with van der Waals surface area (Å²) in [5.41, 5.74) is 3.81. The molecule has 0 aliphatic heterocycles. The minimum Gasteiger partial charge on any atom is -0.490 e. The number of aryl methyl sites for hydroxylation is 2. The standard InChI is InChI=1S/C11H14F3NOS/c1-7-5-8(2)10(9(15)6-7)16-3-4-17-11(12,13)14/h5-6H,3-4,15H2,1-2H3. The van der Waals surface area contributed by atoms with Crippen molar-refractivity contribution in [1.82, 2.24) is 0 Å². The number of rotatable bonds is 4. The second-order valence-corrected chi connectivity index (χ2v) is 4.80. The number of thioether (sulfide) groups is 1. The van der Waals surface area contributed by atoms with E-state index in [1.165, 1.54) is 0 Å². The van der Waals surface area contributed by atoms with Crippen molar-refractivity contribution in [2.75, 3.05) is 18.1 Å². The summed E-state index contributed by atoms with van der Waals surface area (Å²) in [6.07, 6.45) is 0. The van der Waals surface area contributed by atoms with Crippen LogP contribution in [0.2, 0.25) is 0 Å². The highest BCUT2D eigenvalue weighted by Gasteiger charge is 2.27. The Bertz CT molecular complexity index is 370. The molecule has 0 aromatic heterocycles. The summed E-state index contributed by atoms with van der Waals surface area (Å²) in [4.78, 5) is 0. The Hall–Kier alpha value is -1.04. The zero-order valence-electron chi connectivity index (χ0n) is 9.60. The Labute approximate surface area is 102 Å². The normalized spacial score (nSPS) is 11.6. The third-order valence-corrected chi connectivity index (χ3v) is 2.74. The second kappa shape index (κ2) is 5.53. The van der Waals surface area contributed by atoms with Crippen molar-refractivity contribution in [3.8, 4) is 5.75 Å². The van der Waals surface area contributed by atoms with Crippen LogP contribution in [-0.4, -0.2) is 17.9 Å². The van der Waals surface area contributed by atoms with Crippen molar-refractivity contribution in [2.45, 2.75) is 19.4 Å². The zero-order chi connectivity index (χ0) is 13.1. The number of nitrogens with two attached hydrogens (primary N) is 1. The molecule has 0 saturated carbocycles. The average Bonchev–Trinajstić information content (AvgIpc) is 2.13. The van der Waals surface area contributed by atoms with Crippen molar-refractivity contribution >= 4 is 17.4 Å². The van der Waals surface area contributed by atoms with E-state index in [1.54, 1.807) is 6.07 Å². The van der Waals surface area contributed by atoms with Crippen LogP contribution in [-0.2, 0) is 0 Å². The Morgan fingerprint density at radius 2 is 1.94 bits per heavy atom. The smallest absolute Gasteiger partial charge is 0.441 e. The van der Waals surface area contributed by atoms with Crippen LogP contribution in [0, 0.1) is 13.8 Å². The minimum absolute atomic E-state index is 0.0156. The van der Waals surface area contributed by atoms with Crippen LogP contribution in [0.3, 0.4) is 0 Å². The summed E-state index contributed by atoms with van der Waals surface area (Å²) in [5.74, 6) is 0.328. The van der Waals surface area contributed by atoms with Gasteiger partial charge in [-0.05, 0) is 42.8 Å². The van der Waals surface area contributed by atoms with Crippen LogP contribution in [0.25, 0.3) is 0 Å². The Kier molecular flexibility index (Phi) is 4.56. The predicted octanol–water partition coefficient (Wildman–Crippen LogP) is 3.52. The highest BCUT2D eigenvalue weighted by atomic mass is 32.2. The first kappa shape index (κ1) is 14.0. The maximum Gasteiger partial charge on any atom is 0.441 e. The molecule has 0 spiro atoms. The van der Waals surface area contributed by atoms with Gasteiger partial charge in [0.1, 0.15) is 5.75 Å². The van der Waals surface area contributed by atoms with Crippen molar-refractivity contribution in [2.24, 2.45) is 0 Å². The van der Waals surface area contributed by atoms with Crippen LogP contribution in [0.5, 0.6) is 5.75 Å². The van der Waals surface area contributed by atoms with E-state index in [0.717, 1.165) is 11.1 Å². The van der Waals surface area contributed by atoms with Gasteiger partial charge in [0, 0.05) is 5.75 Å². The predicted molar refractivity (Wildman–Crippen MR) is 64.3 cm³/mol.